The van der Waals surface area contributed by atoms with Crippen LogP contribution in [0.2, 0.25) is 0 Å². The van der Waals surface area contributed by atoms with E-state index in [2.05, 4.69) is 6.92 Å². The molecule has 1 amide bonds. The zero-order valence-electron chi connectivity index (χ0n) is 20.5. The number of aryl methyl sites for hydroxylation is 1. The normalized spacial score (nSPS) is 11.3. The first-order chi connectivity index (χ1) is 17.8. The highest BCUT2D eigenvalue weighted by molar-refractivity contribution is 7.87. The lowest BCUT2D eigenvalue weighted by atomic mass is 10.1. The second-order valence-electron chi connectivity index (χ2n) is 8.68. The van der Waals surface area contributed by atoms with Crippen molar-refractivity contribution in [2.45, 2.75) is 44.2 Å². The predicted octanol–water partition coefficient (Wildman–Crippen LogP) is 6.37. The lowest BCUT2D eigenvalue weighted by Gasteiger charge is -2.22. The summed E-state index contributed by atoms with van der Waals surface area (Å²) in [5.74, 6) is -0.00623. The summed E-state index contributed by atoms with van der Waals surface area (Å²) in [5.41, 5.74) is 2.41. The van der Waals surface area contributed by atoms with Crippen molar-refractivity contribution in [1.29, 1.82) is 0 Å². The zero-order valence-corrected chi connectivity index (χ0v) is 21.3. The van der Waals surface area contributed by atoms with E-state index in [1.165, 1.54) is 11.6 Å². The van der Waals surface area contributed by atoms with Crippen LogP contribution < -0.4 is 4.18 Å². The average Bonchev–Trinajstić information content (AvgIpc) is 3.40. The van der Waals surface area contributed by atoms with Crippen molar-refractivity contribution in [3.63, 3.8) is 0 Å². The van der Waals surface area contributed by atoms with E-state index in [-0.39, 0.29) is 29.6 Å². The fourth-order valence-electron chi connectivity index (χ4n) is 3.86. The van der Waals surface area contributed by atoms with E-state index in [1.54, 1.807) is 41.5 Å². The highest BCUT2D eigenvalue weighted by atomic mass is 32.2. The van der Waals surface area contributed by atoms with Crippen LogP contribution in [0.4, 0.5) is 4.39 Å². The molecule has 3 aromatic carbocycles. The maximum atomic E-state index is 13.5. The fourth-order valence-corrected chi connectivity index (χ4v) is 4.78. The molecular formula is C29H28FNO5S. The van der Waals surface area contributed by atoms with E-state index in [0.717, 1.165) is 43.5 Å². The number of amides is 1. The largest absolute Gasteiger partial charge is 0.467 e. The number of unbranched alkanes of at least 4 members (excludes halogenated alkanes) is 1. The molecule has 0 unspecified atom stereocenters. The summed E-state index contributed by atoms with van der Waals surface area (Å²) in [4.78, 5) is 14.9. The summed E-state index contributed by atoms with van der Waals surface area (Å²) in [5, 5.41) is 0. The average molecular weight is 522 g/mol. The van der Waals surface area contributed by atoms with Crippen LogP contribution in [0.5, 0.6) is 5.75 Å². The zero-order chi connectivity index (χ0) is 26.3. The number of benzene rings is 3. The van der Waals surface area contributed by atoms with Crippen LogP contribution in [0.15, 0.2) is 101 Å². The summed E-state index contributed by atoms with van der Waals surface area (Å²) >= 11 is 0. The van der Waals surface area contributed by atoms with Crippen molar-refractivity contribution in [3.05, 3.63) is 119 Å². The first-order valence-electron chi connectivity index (χ1n) is 12.0. The number of hydrogen-bond donors (Lipinski definition) is 0. The van der Waals surface area contributed by atoms with Gasteiger partial charge in [-0.3, -0.25) is 4.79 Å². The minimum absolute atomic E-state index is 0.0903. The van der Waals surface area contributed by atoms with E-state index >= 15 is 0 Å². The van der Waals surface area contributed by atoms with E-state index in [4.69, 9.17) is 8.60 Å². The predicted molar refractivity (Wildman–Crippen MR) is 138 cm³/mol. The second kappa shape index (κ2) is 11.9. The van der Waals surface area contributed by atoms with Gasteiger partial charge in [0.25, 0.3) is 5.91 Å². The molecule has 4 rings (SSSR count). The SMILES string of the molecule is CCCCc1ccc(C(=O)N(Cc2cccc(OS(=O)(=O)c3ccc(F)cc3)c2)Cc2ccco2)cc1. The number of carbonyl (C=O) groups excluding carboxylic acids is 1. The van der Waals surface area contributed by atoms with Crippen LogP contribution in [-0.4, -0.2) is 19.2 Å². The number of nitrogens with zero attached hydrogens (tertiary/aromatic N) is 1. The van der Waals surface area contributed by atoms with Gasteiger partial charge in [-0.15, -0.1) is 0 Å². The Morgan fingerprint density at radius 2 is 1.68 bits per heavy atom. The molecule has 37 heavy (non-hydrogen) atoms. The van der Waals surface area contributed by atoms with Gasteiger partial charge in [0, 0.05) is 12.1 Å². The van der Waals surface area contributed by atoms with Gasteiger partial charge in [0.15, 0.2) is 0 Å². The Morgan fingerprint density at radius 3 is 2.35 bits per heavy atom. The minimum Gasteiger partial charge on any atom is -0.467 e. The van der Waals surface area contributed by atoms with Crippen LogP contribution in [0, 0.1) is 5.82 Å². The van der Waals surface area contributed by atoms with Gasteiger partial charge in [0.05, 0.1) is 12.8 Å². The number of carbonyl (C=O) groups is 1. The third-order valence-corrected chi connectivity index (χ3v) is 7.08. The van der Waals surface area contributed by atoms with Crippen molar-refractivity contribution in [3.8, 4) is 5.75 Å². The molecule has 0 spiro atoms. The van der Waals surface area contributed by atoms with Gasteiger partial charge in [-0.1, -0.05) is 37.6 Å². The Balaban J connectivity index is 1.54. The molecule has 0 N–H and O–H groups in total. The molecule has 0 aliphatic carbocycles. The topological polar surface area (TPSA) is 76.8 Å². The molecule has 1 aromatic heterocycles. The number of hydrogen-bond acceptors (Lipinski definition) is 5. The summed E-state index contributed by atoms with van der Waals surface area (Å²) in [6.45, 7) is 2.58. The van der Waals surface area contributed by atoms with Crippen LogP contribution in [0.25, 0.3) is 0 Å². The summed E-state index contributed by atoms with van der Waals surface area (Å²) in [6, 6.07) is 22.1. The Morgan fingerprint density at radius 1 is 0.919 bits per heavy atom. The molecular weight excluding hydrogens is 493 g/mol. The molecule has 0 aliphatic rings. The first kappa shape index (κ1) is 26.2. The number of furan rings is 1. The Labute approximate surface area is 216 Å². The molecule has 1 heterocycles. The molecule has 0 radical (unpaired) electrons. The maximum Gasteiger partial charge on any atom is 0.339 e. The van der Waals surface area contributed by atoms with Crippen LogP contribution in [-0.2, 0) is 29.6 Å². The molecule has 0 bridgehead atoms. The number of rotatable bonds is 11. The molecule has 192 valence electrons. The molecule has 0 atom stereocenters. The third kappa shape index (κ3) is 7.07. The van der Waals surface area contributed by atoms with Gasteiger partial charge in [-0.2, -0.15) is 8.42 Å². The highest BCUT2D eigenvalue weighted by Gasteiger charge is 2.20. The van der Waals surface area contributed by atoms with Gasteiger partial charge in [0.2, 0.25) is 0 Å². The number of halogens is 1. The fraction of sp³-hybridized carbons (Fsp3) is 0.207. The second-order valence-corrected chi connectivity index (χ2v) is 10.2. The molecule has 0 fully saturated rings. The maximum absolute atomic E-state index is 13.5. The highest BCUT2D eigenvalue weighted by Crippen LogP contribution is 2.22. The smallest absolute Gasteiger partial charge is 0.339 e. The van der Waals surface area contributed by atoms with Crippen LogP contribution >= 0.6 is 0 Å². The van der Waals surface area contributed by atoms with Gasteiger partial charge < -0.3 is 13.5 Å². The first-order valence-corrected chi connectivity index (χ1v) is 13.4. The Hall–Kier alpha value is -3.91. The van der Waals surface area contributed by atoms with Gasteiger partial charge >= 0.3 is 10.1 Å². The van der Waals surface area contributed by atoms with Gasteiger partial charge in [-0.05, 0) is 84.6 Å². The van der Waals surface area contributed by atoms with Crippen molar-refractivity contribution in [1.82, 2.24) is 4.90 Å². The monoisotopic (exact) mass is 521 g/mol. The van der Waals surface area contributed by atoms with E-state index < -0.39 is 15.9 Å². The summed E-state index contributed by atoms with van der Waals surface area (Å²) < 4.78 is 49.2. The molecule has 0 aliphatic heterocycles. The minimum atomic E-state index is -4.15. The van der Waals surface area contributed by atoms with E-state index in [9.17, 15) is 17.6 Å². The Kier molecular flexibility index (Phi) is 8.40. The van der Waals surface area contributed by atoms with E-state index in [0.29, 0.717) is 16.9 Å². The van der Waals surface area contributed by atoms with Crippen molar-refractivity contribution in [2.24, 2.45) is 0 Å². The van der Waals surface area contributed by atoms with Gasteiger partial charge in [-0.25, -0.2) is 4.39 Å². The van der Waals surface area contributed by atoms with Crippen LogP contribution in [0.1, 0.15) is 47.0 Å². The van der Waals surface area contributed by atoms with E-state index in [1.807, 2.05) is 24.3 Å². The van der Waals surface area contributed by atoms with Crippen molar-refractivity contribution >= 4 is 16.0 Å². The lowest BCUT2D eigenvalue weighted by molar-refractivity contribution is 0.0717. The van der Waals surface area contributed by atoms with Crippen molar-refractivity contribution in [2.75, 3.05) is 0 Å². The molecule has 0 saturated heterocycles. The quantitative estimate of drug-likeness (QED) is 0.214. The molecule has 8 heteroatoms. The summed E-state index contributed by atoms with van der Waals surface area (Å²) in [7, 11) is -4.15. The Bertz CT molecular complexity index is 1420. The molecule has 6 nitrogen and oxygen atoms in total. The third-order valence-electron chi connectivity index (χ3n) is 5.81. The van der Waals surface area contributed by atoms with Gasteiger partial charge in [0.1, 0.15) is 22.2 Å². The standard InChI is InChI=1S/C29H28FNO5S/c1-2-3-6-22-10-12-24(13-11-22)29(32)31(21-27-9-5-18-35-27)20-23-7-4-8-26(19-23)36-37(33,34)28-16-14-25(30)15-17-28/h4-5,7-19H,2-3,6,20-21H2,1H3. The summed E-state index contributed by atoms with van der Waals surface area (Å²) in [6.07, 6.45) is 4.71. The van der Waals surface area contributed by atoms with Crippen molar-refractivity contribution < 1.29 is 26.2 Å². The lowest BCUT2D eigenvalue weighted by Crippen LogP contribution is -2.30. The van der Waals surface area contributed by atoms with Crippen LogP contribution in [0.3, 0.4) is 0 Å². The molecule has 4 aromatic rings. The molecule has 0 saturated carbocycles.